The number of hydrogen-bond donors (Lipinski definition) is 1. The van der Waals surface area contributed by atoms with Crippen LogP contribution in [0, 0.1) is 5.92 Å². The number of rotatable bonds is 3. The molecule has 1 N–H and O–H groups in total. The standard InChI is InChI=1S/C15H29N3O/c1-4-18-9-6-13(7-10-18)17(3)15(19)14-11-12(2)5-8-16-14/h12-14,16H,4-11H2,1-3H3. The lowest BCUT2D eigenvalue weighted by Gasteiger charge is -2.39. The van der Waals surface area contributed by atoms with Gasteiger partial charge in [-0.1, -0.05) is 13.8 Å². The molecule has 2 atom stereocenters. The number of piperidine rings is 2. The Morgan fingerprint density at radius 1 is 1.32 bits per heavy atom. The van der Waals surface area contributed by atoms with Crippen molar-refractivity contribution in [3.8, 4) is 0 Å². The lowest BCUT2D eigenvalue weighted by atomic mass is 9.93. The maximum Gasteiger partial charge on any atom is 0.239 e. The molecule has 0 aromatic rings. The molecule has 0 spiro atoms. The summed E-state index contributed by atoms with van der Waals surface area (Å²) in [6.45, 7) is 8.84. The largest absolute Gasteiger partial charge is 0.341 e. The Balaban J connectivity index is 1.85. The average Bonchev–Trinajstić information content (AvgIpc) is 2.46. The Hall–Kier alpha value is -0.610. The lowest BCUT2D eigenvalue weighted by molar-refractivity contribution is -0.136. The first-order valence-corrected chi connectivity index (χ1v) is 7.84. The quantitative estimate of drug-likeness (QED) is 0.837. The number of likely N-dealkylation sites (N-methyl/N-ethyl adjacent to an activating group) is 1. The van der Waals surface area contributed by atoms with E-state index in [2.05, 4.69) is 24.1 Å². The molecular formula is C15H29N3O. The molecule has 4 nitrogen and oxygen atoms in total. The van der Waals surface area contributed by atoms with E-state index < -0.39 is 0 Å². The van der Waals surface area contributed by atoms with Crippen LogP contribution in [0.25, 0.3) is 0 Å². The SMILES string of the molecule is CCN1CCC(N(C)C(=O)C2CC(C)CCN2)CC1. The minimum Gasteiger partial charge on any atom is -0.341 e. The Bertz CT molecular complexity index is 300. The molecule has 2 aliphatic rings. The van der Waals surface area contributed by atoms with Gasteiger partial charge in [0.15, 0.2) is 0 Å². The van der Waals surface area contributed by atoms with E-state index in [1.165, 1.54) is 6.42 Å². The number of nitrogens with zero attached hydrogens (tertiary/aromatic N) is 2. The molecule has 0 aromatic carbocycles. The highest BCUT2D eigenvalue weighted by atomic mass is 16.2. The molecule has 2 unspecified atom stereocenters. The number of hydrogen-bond acceptors (Lipinski definition) is 3. The zero-order chi connectivity index (χ0) is 13.8. The van der Waals surface area contributed by atoms with Gasteiger partial charge in [0.05, 0.1) is 6.04 Å². The molecule has 0 aliphatic carbocycles. The summed E-state index contributed by atoms with van der Waals surface area (Å²) in [7, 11) is 2.00. The number of likely N-dealkylation sites (tertiary alicyclic amines) is 1. The van der Waals surface area contributed by atoms with E-state index in [0.29, 0.717) is 17.9 Å². The van der Waals surface area contributed by atoms with Gasteiger partial charge in [-0.05, 0) is 44.7 Å². The highest BCUT2D eigenvalue weighted by molar-refractivity contribution is 5.82. The van der Waals surface area contributed by atoms with Crippen LogP contribution in [-0.2, 0) is 4.79 Å². The minimum atomic E-state index is 0.0537. The van der Waals surface area contributed by atoms with Crippen molar-refractivity contribution in [3.05, 3.63) is 0 Å². The van der Waals surface area contributed by atoms with Gasteiger partial charge in [0.1, 0.15) is 0 Å². The van der Waals surface area contributed by atoms with E-state index in [4.69, 9.17) is 0 Å². The van der Waals surface area contributed by atoms with Crippen LogP contribution in [0.2, 0.25) is 0 Å². The zero-order valence-corrected chi connectivity index (χ0v) is 12.7. The second-order valence-electron chi connectivity index (χ2n) is 6.25. The summed E-state index contributed by atoms with van der Waals surface area (Å²) in [5, 5.41) is 3.39. The highest BCUT2D eigenvalue weighted by Gasteiger charge is 2.31. The highest BCUT2D eigenvalue weighted by Crippen LogP contribution is 2.20. The molecular weight excluding hydrogens is 238 g/mol. The van der Waals surface area contributed by atoms with Crippen LogP contribution >= 0.6 is 0 Å². The minimum absolute atomic E-state index is 0.0537. The molecule has 2 saturated heterocycles. The van der Waals surface area contributed by atoms with Gasteiger partial charge in [-0.15, -0.1) is 0 Å². The topological polar surface area (TPSA) is 35.6 Å². The van der Waals surface area contributed by atoms with Crippen LogP contribution < -0.4 is 5.32 Å². The van der Waals surface area contributed by atoms with Gasteiger partial charge in [0.25, 0.3) is 0 Å². The van der Waals surface area contributed by atoms with E-state index in [-0.39, 0.29) is 6.04 Å². The van der Waals surface area contributed by atoms with Crippen molar-refractivity contribution in [1.29, 1.82) is 0 Å². The normalized spacial score (nSPS) is 30.3. The molecule has 19 heavy (non-hydrogen) atoms. The van der Waals surface area contributed by atoms with Crippen LogP contribution in [-0.4, -0.2) is 61.0 Å². The van der Waals surface area contributed by atoms with Gasteiger partial charge in [-0.2, -0.15) is 0 Å². The lowest BCUT2D eigenvalue weighted by Crippen LogP contribution is -2.53. The first-order chi connectivity index (χ1) is 9.11. The molecule has 0 aromatic heterocycles. The Kier molecular flexibility index (Phi) is 5.22. The predicted molar refractivity (Wildman–Crippen MR) is 78.1 cm³/mol. The van der Waals surface area contributed by atoms with Crippen molar-refractivity contribution in [1.82, 2.24) is 15.1 Å². The van der Waals surface area contributed by atoms with Crippen molar-refractivity contribution >= 4 is 5.91 Å². The van der Waals surface area contributed by atoms with Crippen molar-refractivity contribution in [2.45, 2.75) is 51.6 Å². The summed E-state index contributed by atoms with van der Waals surface area (Å²) < 4.78 is 0. The van der Waals surface area contributed by atoms with Gasteiger partial charge in [-0.3, -0.25) is 4.79 Å². The predicted octanol–water partition coefficient (Wildman–Crippen LogP) is 1.32. The molecule has 0 radical (unpaired) electrons. The Labute approximate surface area is 117 Å². The average molecular weight is 267 g/mol. The fourth-order valence-electron chi connectivity index (χ4n) is 3.34. The van der Waals surface area contributed by atoms with E-state index in [9.17, 15) is 4.79 Å². The van der Waals surface area contributed by atoms with Gasteiger partial charge in [0, 0.05) is 26.2 Å². The van der Waals surface area contributed by atoms with Gasteiger partial charge >= 0.3 is 0 Å². The first-order valence-electron chi connectivity index (χ1n) is 7.84. The van der Waals surface area contributed by atoms with E-state index in [1.807, 2.05) is 11.9 Å². The second kappa shape index (κ2) is 6.71. The van der Waals surface area contributed by atoms with Gasteiger partial charge in [-0.25, -0.2) is 0 Å². The number of carbonyl (C=O) groups excluding carboxylic acids is 1. The smallest absolute Gasteiger partial charge is 0.239 e. The van der Waals surface area contributed by atoms with Crippen molar-refractivity contribution in [3.63, 3.8) is 0 Å². The Morgan fingerprint density at radius 2 is 2.00 bits per heavy atom. The fraction of sp³-hybridized carbons (Fsp3) is 0.933. The molecule has 2 aliphatic heterocycles. The van der Waals surface area contributed by atoms with Crippen LogP contribution in [0.3, 0.4) is 0 Å². The van der Waals surface area contributed by atoms with Crippen LogP contribution in [0.1, 0.15) is 39.5 Å². The molecule has 2 heterocycles. The third-order valence-electron chi connectivity index (χ3n) is 4.86. The first kappa shape index (κ1) is 14.8. The summed E-state index contributed by atoms with van der Waals surface area (Å²) in [6, 6.07) is 0.493. The molecule has 4 heteroatoms. The monoisotopic (exact) mass is 267 g/mol. The van der Waals surface area contributed by atoms with Crippen LogP contribution in [0.4, 0.5) is 0 Å². The van der Waals surface area contributed by atoms with Gasteiger partial charge in [0.2, 0.25) is 5.91 Å². The summed E-state index contributed by atoms with van der Waals surface area (Å²) in [6.07, 6.45) is 4.44. The summed E-state index contributed by atoms with van der Waals surface area (Å²) in [4.78, 5) is 17.0. The molecule has 1 amide bonds. The van der Waals surface area contributed by atoms with Crippen LogP contribution in [0.5, 0.6) is 0 Å². The van der Waals surface area contributed by atoms with Crippen LogP contribution in [0.15, 0.2) is 0 Å². The summed E-state index contributed by atoms with van der Waals surface area (Å²) in [5.41, 5.74) is 0. The van der Waals surface area contributed by atoms with Gasteiger partial charge < -0.3 is 15.1 Å². The summed E-state index contributed by atoms with van der Waals surface area (Å²) >= 11 is 0. The van der Waals surface area contributed by atoms with Crippen molar-refractivity contribution in [2.75, 3.05) is 33.2 Å². The molecule has 0 saturated carbocycles. The van der Waals surface area contributed by atoms with Crippen molar-refractivity contribution in [2.24, 2.45) is 5.92 Å². The van der Waals surface area contributed by atoms with E-state index in [0.717, 1.165) is 45.4 Å². The van der Waals surface area contributed by atoms with Crippen molar-refractivity contribution < 1.29 is 4.79 Å². The number of amides is 1. The summed E-state index contributed by atoms with van der Waals surface area (Å²) in [5.74, 6) is 0.979. The zero-order valence-electron chi connectivity index (χ0n) is 12.7. The second-order valence-corrected chi connectivity index (χ2v) is 6.25. The number of nitrogens with one attached hydrogen (secondary N) is 1. The molecule has 0 bridgehead atoms. The molecule has 2 rings (SSSR count). The fourth-order valence-corrected chi connectivity index (χ4v) is 3.34. The maximum atomic E-state index is 12.5. The molecule has 110 valence electrons. The van der Waals surface area contributed by atoms with E-state index in [1.54, 1.807) is 0 Å². The Morgan fingerprint density at radius 3 is 2.58 bits per heavy atom. The third-order valence-corrected chi connectivity index (χ3v) is 4.86. The molecule has 2 fully saturated rings. The maximum absolute atomic E-state index is 12.5. The third kappa shape index (κ3) is 3.69. The number of carbonyl (C=O) groups is 1. The van der Waals surface area contributed by atoms with E-state index >= 15 is 0 Å².